The Morgan fingerprint density at radius 3 is 1.43 bits per heavy atom. The highest BCUT2D eigenvalue weighted by molar-refractivity contribution is 6.17. The fourth-order valence-corrected chi connectivity index (χ4v) is 11.1. The minimum atomic E-state index is -0.170. The standard InChI is InChI=1S/C65H46N2/c1-65(2)59-41-48-21-10-9-20-47(48)40-58(59)52-37-36-51(42-60(52)65)67-61-26-13-11-22-53(61)55-24-15-25-57-63(39-38-56(64(55)57)54-23-12-14-27-62(54)67)66(49-32-28-45(29-33-49)43-16-5-3-6-17-43)50-34-30-46(31-35-50)44-18-7-4-8-19-44/h3-42H,1-2H3. The highest BCUT2D eigenvalue weighted by Gasteiger charge is 2.37. The van der Waals surface area contributed by atoms with Crippen LogP contribution in [0.4, 0.5) is 34.1 Å². The molecule has 0 spiro atoms. The third-order valence-corrected chi connectivity index (χ3v) is 14.4. The van der Waals surface area contributed by atoms with Gasteiger partial charge in [-0.2, -0.15) is 0 Å². The summed E-state index contributed by atoms with van der Waals surface area (Å²) in [6.45, 7) is 4.78. The second-order valence-electron chi connectivity index (χ2n) is 18.5. The number of benzene rings is 11. The predicted octanol–water partition coefficient (Wildman–Crippen LogP) is 18.2. The largest absolute Gasteiger partial charge is 0.310 e. The van der Waals surface area contributed by atoms with Crippen molar-refractivity contribution in [1.82, 2.24) is 0 Å². The van der Waals surface area contributed by atoms with Gasteiger partial charge in [-0.15, -0.1) is 0 Å². The smallest absolute Gasteiger partial charge is 0.0540 e. The van der Waals surface area contributed by atoms with Gasteiger partial charge in [0.25, 0.3) is 0 Å². The van der Waals surface area contributed by atoms with Crippen molar-refractivity contribution in [2.75, 3.05) is 9.80 Å². The van der Waals surface area contributed by atoms with E-state index >= 15 is 0 Å². The number of rotatable bonds is 6. The first-order valence-corrected chi connectivity index (χ1v) is 23.3. The molecule has 0 saturated carbocycles. The van der Waals surface area contributed by atoms with E-state index in [0.717, 1.165) is 34.1 Å². The summed E-state index contributed by atoms with van der Waals surface area (Å²) >= 11 is 0. The normalized spacial score (nSPS) is 13.0. The van der Waals surface area contributed by atoms with Crippen LogP contribution in [0, 0.1) is 0 Å². The third kappa shape index (κ3) is 6.25. The molecule has 316 valence electrons. The van der Waals surface area contributed by atoms with Gasteiger partial charge < -0.3 is 9.80 Å². The van der Waals surface area contributed by atoms with Crippen LogP contribution in [0.15, 0.2) is 243 Å². The van der Waals surface area contributed by atoms with Crippen molar-refractivity contribution in [3.8, 4) is 55.6 Å². The lowest BCUT2D eigenvalue weighted by Crippen LogP contribution is -2.17. The van der Waals surface area contributed by atoms with Crippen molar-refractivity contribution in [3.63, 3.8) is 0 Å². The second kappa shape index (κ2) is 15.3. The van der Waals surface area contributed by atoms with Crippen LogP contribution in [0.1, 0.15) is 25.0 Å². The quantitative estimate of drug-likeness (QED) is 0.164. The average molecular weight is 855 g/mol. The molecule has 2 heteroatoms. The summed E-state index contributed by atoms with van der Waals surface area (Å²) < 4.78 is 0. The van der Waals surface area contributed by atoms with Gasteiger partial charge in [-0.1, -0.05) is 190 Å². The van der Waals surface area contributed by atoms with Gasteiger partial charge in [0, 0.05) is 39.0 Å². The average Bonchev–Trinajstić information content (AvgIpc) is 3.60. The Balaban J connectivity index is 0.998. The molecule has 0 bridgehead atoms. The van der Waals surface area contributed by atoms with Crippen LogP contribution in [0.2, 0.25) is 0 Å². The van der Waals surface area contributed by atoms with Gasteiger partial charge >= 0.3 is 0 Å². The van der Waals surface area contributed by atoms with E-state index in [4.69, 9.17) is 0 Å². The van der Waals surface area contributed by atoms with Crippen LogP contribution in [-0.2, 0) is 5.41 Å². The number of fused-ring (bicyclic) bond motifs is 8. The molecule has 0 aromatic heterocycles. The highest BCUT2D eigenvalue weighted by Crippen LogP contribution is 2.56. The third-order valence-electron chi connectivity index (χ3n) is 14.4. The van der Waals surface area contributed by atoms with Crippen LogP contribution in [0.25, 0.3) is 77.2 Å². The molecule has 0 amide bonds. The molecule has 13 rings (SSSR count). The first kappa shape index (κ1) is 39.0. The van der Waals surface area contributed by atoms with E-state index in [9.17, 15) is 0 Å². The van der Waals surface area contributed by atoms with Gasteiger partial charge in [0.05, 0.1) is 17.1 Å². The Morgan fingerprint density at radius 2 is 0.821 bits per heavy atom. The van der Waals surface area contributed by atoms with Gasteiger partial charge in [-0.25, -0.2) is 0 Å². The molecule has 1 heterocycles. The van der Waals surface area contributed by atoms with Crippen LogP contribution >= 0.6 is 0 Å². The van der Waals surface area contributed by atoms with Crippen LogP contribution < -0.4 is 9.80 Å². The van der Waals surface area contributed by atoms with Gasteiger partial charge in [0.15, 0.2) is 0 Å². The first-order valence-electron chi connectivity index (χ1n) is 23.3. The van der Waals surface area contributed by atoms with Crippen LogP contribution in [0.3, 0.4) is 0 Å². The van der Waals surface area contributed by atoms with Crippen LogP contribution in [0.5, 0.6) is 0 Å². The van der Waals surface area contributed by atoms with E-state index in [2.05, 4.69) is 266 Å². The van der Waals surface area contributed by atoms with E-state index in [-0.39, 0.29) is 5.41 Å². The molecule has 1 aliphatic carbocycles. The monoisotopic (exact) mass is 854 g/mol. The molecule has 1 aliphatic heterocycles. The van der Waals surface area contributed by atoms with Crippen molar-refractivity contribution < 1.29 is 0 Å². The number of para-hydroxylation sites is 2. The lowest BCUT2D eigenvalue weighted by molar-refractivity contribution is 0.661. The Morgan fingerprint density at radius 1 is 0.343 bits per heavy atom. The first-order chi connectivity index (χ1) is 33.0. The molecular weight excluding hydrogens is 809 g/mol. The molecule has 11 aromatic carbocycles. The Labute approximate surface area is 392 Å². The predicted molar refractivity (Wildman–Crippen MR) is 284 cm³/mol. The minimum absolute atomic E-state index is 0.170. The summed E-state index contributed by atoms with van der Waals surface area (Å²) in [5, 5.41) is 5.00. The SMILES string of the molecule is CC1(C)c2cc(N3c4ccccc4-c4cccc5c(N(c6ccc(-c7ccccc7)cc6)c6ccc(-c7ccccc7)cc6)ccc(c45)-c4ccccc43)ccc2-c2cc3ccccc3cc21. The molecule has 0 N–H and O–H groups in total. The summed E-state index contributed by atoms with van der Waals surface area (Å²) in [7, 11) is 0. The molecule has 0 atom stereocenters. The van der Waals surface area contributed by atoms with E-state index in [1.165, 1.54) is 88.3 Å². The Bertz CT molecular complexity index is 3560. The molecule has 2 nitrogen and oxygen atoms in total. The molecule has 0 saturated heterocycles. The maximum atomic E-state index is 2.51. The topological polar surface area (TPSA) is 6.48 Å². The molecule has 11 aromatic rings. The van der Waals surface area contributed by atoms with Crippen molar-refractivity contribution in [1.29, 1.82) is 0 Å². The lowest BCUT2D eigenvalue weighted by Gasteiger charge is -2.34. The van der Waals surface area contributed by atoms with E-state index < -0.39 is 0 Å². The Kier molecular flexibility index (Phi) is 8.91. The fourth-order valence-electron chi connectivity index (χ4n) is 11.1. The summed E-state index contributed by atoms with van der Waals surface area (Å²) in [5.41, 5.74) is 21.6. The highest BCUT2D eigenvalue weighted by atomic mass is 15.2. The maximum absolute atomic E-state index is 2.51. The summed E-state index contributed by atoms with van der Waals surface area (Å²) in [5.74, 6) is 0. The molecule has 2 aliphatic rings. The van der Waals surface area contributed by atoms with Crippen molar-refractivity contribution in [3.05, 3.63) is 254 Å². The van der Waals surface area contributed by atoms with E-state index in [0.29, 0.717) is 0 Å². The van der Waals surface area contributed by atoms with Crippen LogP contribution in [-0.4, -0.2) is 0 Å². The number of hydrogen-bond donors (Lipinski definition) is 0. The van der Waals surface area contributed by atoms with Gasteiger partial charge in [0.1, 0.15) is 0 Å². The van der Waals surface area contributed by atoms with Crippen molar-refractivity contribution in [2.45, 2.75) is 19.3 Å². The number of nitrogens with zero attached hydrogens (tertiary/aromatic N) is 2. The lowest BCUT2D eigenvalue weighted by atomic mass is 9.81. The molecule has 0 fully saturated rings. The zero-order valence-corrected chi connectivity index (χ0v) is 37.5. The fraction of sp³-hybridized carbons (Fsp3) is 0.0462. The second-order valence-corrected chi connectivity index (χ2v) is 18.5. The molecule has 67 heavy (non-hydrogen) atoms. The minimum Gasteiger partial charge on any atom is -0.310 e. The van der Waals surface area contributed by atoms with Crippen molar-refractivity contribution >= 4 is 55.7 Å². The number of hydrogen-bond acceptors (Lipinski definition) is 2. The summed E-state index contributed by atoms with van der Waals surface area (Å²) in [6.07, 6.45) is 0. The van der Waals surface area contributed by atoms with E-state index in [1.54, 1.807) is 0 Å². The molecular formula is C65H46N2. The van der Waals surface area contributed by atoms with Gasteiger partial charge in [-0.3, -0.25) is 0 Å². The zero-order valence-electron chi connectivity index (χ0n) is 37.5. The maximum Gasteiger partial charge on any atom is 0.0540 e. The number of anilines is 6. The summed E-state index contributed by atoms with van der Waals surface area (Å²) in [6, 6.07) is 89.6. The zero-order chi connectivity index (χ0) is 44.6. The van der Waals surface area contributed by atoms with Gasteiger partial charge in [0.2, 0.25) is 0 Å². The molecule has 0 radical (unpaired) electrons. The Hall–Kier alpha value is -8.46. The van der Waals surface area contributed by atoms with E-state index in [1.807, 2.05) is 0 Å². The molecule has 0 unspecified atom stereocenters. The van der Waals surface area contributed by atoms with Crippen molar-refractivity contribution in [2.24, 2.45) is 0 Å². The van der Waals surface area contributed by atoms with Gasteiger partial charge in [-0.05, 0) is 139 Å². The summed E-state index contributed by atoms with van der Waals surface area (Å²) in [4.78, 5) is 4.94.